The van der Waals surface area contributed by atoms with Gasteiger partial charge in [-0.25, -0.2) is 0 Å². The summed E-state index contributed by atoms with van der Waals surface area (Å²) in [4.78, 5) is 23.6. The number of amides is 2. The van der Waals surface area contributed by atoms with Crippen LogP contribution in [0.25, 0.3) is 0 Å². The zero-order chi connectivity index (χ0) is 9.89. The third-order valence-electron chi connectivity index (χ3n) is 1.68. The van der Waals surface area contributed by atoms with E-state index in [1.165, 1.54) is 4.90 Å². The molecule has 0 aliphatic carbocycles. The van der Waals surface area contributed by atoms with E-state index in [1.807, 2.05) is 0 Å². The lowest BCUT2D eigenvalue weighted by molar-refractivity contribution is -0.140. The molecule has 0 bridgehead atoms. The van der Waals surface area contributed by atoms with E-state index in [0.717, 1.165) is 0 Å². The fourth-order valence-corrected chi connectivity index (χ4v) is 1.01. The number of hydrogen-bond acceptors (Lipinski definition) is 2. The Labute approximate surface area is 72.7 Å². The molecule has 0 radical (unpaired) electrons. The number of nitrogens with zero attached hydrogens (tertiary/aromatic N) is 1. The van der Waals surface area contributed by atoms with Gasteiger partial charge in [0.1, 0.15) is 5.92 Å². The van der Waals surface area contributed by atoms with Crippen molar-refractivity contribution in [2.24, 2.45) is 17.6 Å². The molecule has 0 aliphatic heterocycles. The van der Waals surface area contributed by atoms with Gasteiger partial charge in [0.25, 0.3) is 0 Å². The largest absolute Gasteiger partial charge is 0.369 e. The predicted molar refractivity (Wildman–Crippen MR) is 46.2 cm³/mol. The molecular weight excluding hydrogens is 156 g/mol. The lowest BCUT2D eigenvalue weighted by Gasteiger charge is -2.20. The number of carbonyl (C=O) groups is 2. The Kier molecular flexibility index (Phi) is 3.73. The molecule has 2 amide bonds. The van der Waals surface area contributed by atoms with E-state index >= 15 is 0 Å². The molecule has 2 N–H and O–H groups in total. The molecule has 0 aliphatic rings. The van der Waals surface area contributed by atoms with Crippen molar-refractivity contribution >= 4 is 11.8 Å². The SMILES string of the molecule is CC(C)[C@@H](C(N)=O)C(=O)N(C)C. The molecular formula is C8H16N2O2. The van der Waals surface area contributed by atoms with Gasteiger partial charge in [0.2, 0.25) is 11.8 Å². The van der Waals surface area contributed by atoms with Crippen molar-refractivity contribution < 1.29 is 9.59 Å². The number of carbonyl (C=O) groups excluding carboxylic acids is 2. The van der Waals surface area contributed by atoms with Crippen molar-refractivity contribution in [3.05, 3.63) is 0 Å². The fourth-order valence-electron chi connectivity index (χ4n) is 1.01. The van der Waals surface area contributed by atoms with Gasteiger partial charge in [0, 0.05) is 14.1 Å². The van der Waals surface area contributed by atoms with Crippen molar-refractivity contribution in [3.8, 4) is 0 Å². The number of primary amides is 1. The molecule has 0 aromatic carbocycles. The maximum atomic E-state index is 11.4. The first-order chi connectivity index (χ1) is 5.37. The Morgan fingerprint density at radius 3 is 1.75 bits per heavy atom. The zero-order valence-electron chi connectivity index (χ0n) is 8.00. The maximum Gasteiger partial charge on any atom is 0.234 e. The minimum atomic E-state index is -0.694. The molecule has 0 saturated carbocycles. The smallest absolute Gasteiger partial charge is 0.234 e. The van der Waals surface area contributed by atoms with Gasteiger partial charge in [0.05, 0.1) is 0 Å². The van der Waals surface area contributed by atoms with Gasteiger partial charge in [-0.2, -0.15) is 0 Å². The lowest BCUT2D eigenvalue weighted by Crippen LogP contribution is -2.40. The second-order valence-corrected chi connectivity index (χ2v) is 3.36. The van der Waals surface area contributed by atoms with Crippen LogP contribution in [0, 0.1) is 11.8 Å². The highest BCUT2D eigenvalue weighted by Gasteiger charge is 2.28. The maximum absolute atomic E-state index is 11.4. The first-order valence-corrected chi connectivity index (χ1v) is 3.88. The zero-order valence-corrected chi connectivity index (χ0v) is 8.00. The molecule has 0 saturated heterocycles. The van der Waals surface area contributed by atoms with Crippen molar-refractivity contribution in [2.75, 3.05) is 14.1 Å². The van der Waals surface area contributed by atoms with Crippen molar-refractivity contribution in [1.29, 1.82) is 0 Å². The van der Waals surface area contributed by atoms with Crippen LogP contribution in [-0.2, 0) is 9.59 Å². The van der Waals surface area contributed by atoms with E-state index in [1.54, 1.807) is 27.9 Å². The fraction of sp³-hybridized carbons (Fsp3) is 0.750. The van der Waals surface area contributed by atoms with Crippen LogP contribution >= 0.6 is 0 Å². The second kappa shape index (κ2) is 4.09. The van der Waals surface area contributed by atoms with E-state index in [9.17, 15) is 9.59 Å². The second-order valence-electron chi connectivity index (χ2n) is 3.36. The van der Waals surface area contributed by atoms with Crippen molar-refractivity contribution in [1.82, 2.24) is 4.90 Å². The van der Waals surface area contributed by atoms with Gasteiger partial charge >= 0.3 is 0 Å². The summed E-state index contributed by atoms with van der Waals surface area (Å²) in [6.07, 6.45) is 0. The Bertz CT molecular complexity index is 187. The molecule has 0 aromatic rings. The van der Waals surface area contributed by atoms with Crippen LogP contribution in [0.5, 0.6) is 0 Å². The minimum absolute atomic E-state index is 0.0441. The predicted octanol–water partition coefficient (Wildman–Crippen LogP) is -0.168. The first-order valence-electron chi connectivity index (χ1n) is 3.88. The first kappa shape index (κ1) is 10.9. The van der Waals surface area contributed by atoms with Crippen LogP contribution in [-0.4, -0.2) is 30.8 Å². The van der Waals surface area contributed by atoms with Gasteiger partial charge in [-0.3, -0.25) is 9.59 Å². The van der Waals surface area contributed by atoms with E-state index in [-0.39, 0.29) is 11.8 Å². The van der Waals surface area contributed by atoms with Gasteiger partial charge in [-0.15, -0.1) is 0 Å². The van der Waals surface area contributed by atoms with E-state index in [2.05, 4.69) is 0 Å². The molecule has 70 valence electrons. The summed E-state index contributed by atoms with van der Waals surface area (Å²) in [5.41, 5.74) is 5.09. The molecule has 0 fully saturated rings. The molecule has 0 heterocycles. The van der Waals surface area contributed by atoms with Crippen LogP contribution in [0.3, 0.4) is 0 Å². The van der Waals surface area contributed by atoms with E-state index in [4.69, 9.17) is 5.73 Å². The highest BCUT2D eigenvalue weighted by atomic mass is 16.2. The summed E-state index contributed by atoms with van der Waals surface area (Å²) in [6.45, 7) is 3.60. The van der Waals surface area contributed by atoms with Crippen LogP contribution in [0.1, 0.15) is 13.8 Å². The molecule has 4 heteroatoms. The summed E-state index contributed by atoms with van der Waals surface area (Å²) in [5, 5.41) is 0. The number of rotatable bonds is 3. The molecule has 0 aromatic heterocycles. The Hall–Kier alpha value is -1.06. The Morgan fingerprint density at radius 1 is 1.25 bits per heavy atom. The quantitative estimate of drug-likeness (QED) is 0.601. The van der Waals surface area contributed by atoms with Gasteiger partial charge in [-0.1, -0.05) is 13.8 Å². The van der Waals surface area contributed by atoms with E-state index < -0.39 is 11.8 Å². The summed E-state index contributed by atoms with van der Waals surface area (Å²) < 4.78 is 0. The molecule has 0 spiro atoms. The minimum Gasteiger partial charge on any atom is -0.369 e. The Morgan fingerprint density at radius 2 is 1.67 bits per heavy atom. The normalized spacial score (nSPS) is 12.8. The molecule has 4 nitrogen and oxygen atoms in total. The monoisotopic (exact) mass is 172 g/mol. The van der Waals surface area contributed by atoms with Gasteiger partial charge < -0.3 is 10.6 Å². The van der Waals surface area contributed by atoms with E-state index in [0.29, 0.717) is 0 Å². The highest BCUT2D eigenvalue weighted by Crippen LogP contribution is 2.12. The summed E-state index contributed by atoms with van der Waals surface area (Å²) >= 11 is 0. The average Bonchev–Trinajstić information content (AvgIpc) is 1.85. The van der Waals surface area contributed by atoms with Crippen LogP contribution in [0.4, 0.5) is 0 Å². The third-order valence-corrected chi connectivity index (χ3v) is 1.68. The Balaban J connectivity index is 4.52. The van der Waals surface area contributed by atoms with Crippen LogP contribution in [0.15, 0.2) is 0 Å². The molecule has 12 heavy (non-hydrogen) atoms. The molecule has 0 rings (SSSR count). The number of hydrogen-bond donors (Lipinski definition) is 1. The summed E-state index contributed by atoms with van der Waals surface area (Å²) in [7, 11) is 3.22. The lowest BCUT2D eigenvalue weighted by atomic mass is 9.94. The highest BCUT2D eigenvalue weighted by molar-refractivity contribution is 5.99. The van der Waals surface area contributed by atoms with Crippen LogP contribution in [0.2, 0.25) is 0 Å². The third kappa shape index (κ3) is 2.53. The number of nitrogens with two attached hydrogens (primary N) is 1. The molecule has 0 unspecified atom stereocenters. The molecule has 1 atom stereocenters. The topological polar surface area (TPSA) is 63.4 Å². The van der Waals surface area contributed by atoms with Gasteiger partial charge in [-0.05, 0) is 5.92 Å². The standard InChI is InChI=1S/C8H16N2O2/c1-5(2)6(7(9)11)8(12)10(3)4/h5-6H,1-4H3,(H2,9,11)/t6-/m0/s1. The van der Waals surface area contributed by atoms with Crippen LogP contribution < -0.4 is 5.73 Å². The summed E-state index contributed by atoms with van der Waals surface area (Å²) in [5.74, 6) is -1.52. The van der Waals surface area contributed by atoms with Gasteiger partial charge in [0.15, 0.2) is 0 Å². The average molecular weight is 172 g/mol. The summed E-state index contributed by atoms with van der Waals surface area (Å²) in [6, 6.07) is 0. The van der Waals surface area contributed by atoms with Crippen molar-refractivity contribution in [3.63, 3.8) is 0 Å². The van der Waals surface area contributed by atoms with Crippen molar-refractivity contribution in [2.45, 2.75) is 13.8 Å².